The van der Waals surface area contributed by atoms with Crippen molar-refractivity contribution >= 4 is 38.4 Å². The molecule has 7 nitrogen and oxygen atoms in total. The average molecular weight is 438 g/mol. The second kappa shape index (κ2) is 8.47. The zero-order valence-corrected chi connectivity index (χ0v) is 18.3. The summed E-state index contributed by atoms with van der Waals surface area (Å²) in [5.74, 6) is -0.644. The summed E-state index contributed by atoms with van der Waals surface area (Å²) in [6.07, 6.45) is 1.83. The van der Waals surface area contributed by atoms with E-state index in [-0.39, 0.29) is 23.7 Å². The first-order valence-electron chi connectivity index (χ1n) is 10.1. The summed E-state index contributed by atoms with van der Waals surface area (Å²) < 4.78 is 6.40. The molecule has 0 saturated carbocycles. The minimum Gasteiger partial charge on any atom is -0.503 e. The van der Waals surface area contributed by atoms with Crippen molar-refractivity contribution in [2.45, 2.75) is 33.2 Å². The number of pyridine rings is 1. The molecule has 0 fully saturated rings. The molecule has 1 aliphatic heterocycles. The Hall–Kier alpha value is -3.26. The van der Waals surface area contributed by atoms with Crippen LogP contribution in [0.5, 0.6) is 5.75 Å². The number of ether oxygens (including phenoxy) is 1. The maximum atomic E-state index is 13.1. The molecule has 0 radical (unpaired) electrons. The lowest BCUT2D eigenvalue weighted by Crippen LogP contribution is -2.31. The van der Waals surface area contributed by atoms with Gasteiger partial charge >= 0.3 is 0 Å². The molecule has 1 amide bonds. The fourth-order valence-corrected chi connectivity index (χ4v) is 4.66. The smallest absolute Gasteiger partial charge is 0.296 e. The summed E-state index contributed by atoms with van der Waals surface area (Å²) in [5, 5.41) is 11.1. The van der Waals surface area contributed by atoms with Crippen LogP contribution in [0.2, 0.25) is 0 Å². The summed E-state index contributed by atoms with van der Waals surface area (Å²) in [6, 6.07) is 9.99. The standard InChI is InChI=1S/C23H23N3O4S/c1-4-30-14-8-9-15-18(12-14)31-23(25-15)26-20(16-7-5-6-10-24-16)19(21(28)22(26)29)17(27)11-13(2)3/h5-10,12-13,20,28H,4,11H2,1-3H3. The molecule has 1 aromatic carbocycles. The van der Waals surface area contributed by atoms with E-state index in [0.29, 0.717) is 28.7 Å². The number of rotatable bonds is 7. The monoisotopic (exact) mass is 437 g/mol. The number of anilines is 1. The maximum absolute atomic E-state index is 13.1. The van der Waals surface area contributed by atoms with Gasteiger partial charge < -0.3 is 9.84 Å². The fraction of sp³-hybridized carbons (Fsp3) is 0.304. The van der Waals surface area contributed by atoms with Gasteiger partial charge in [0.1, 0.15) is 11.8 Å². The zero-order valence-electron chi connectivity index (χ0n) is 17.5. The van der Waals surface area contributed by atoms with Gasteiger partial charge in [-0.3, -0.25) is 19.5 Å². The summed E-state index contributed by atoms with van der Waals surface area (Å²) >= 11 is 1.30. The highest BCUT2D eigenvalue weighted by Crippen LogP contribution is 2.43. The van der Waals surface area contributed by atoms with E-state index in [0.717, 1.165) is 4.70 Å². The van der Waals surface area contributed by atoms with Crippen LogP contribution in [0.3, 0.4) is 0 Å². The molecule has 0 aliphatic carbocycles. The molecule has 0 spiro atoms. The Balaban J connectivity index is 1.82. The Bertz CT molecular complexity index is 1170. The first kappa shape index (κ1) is 21.0. The van der Waals surface area contributed by atoms with Crippen LogP contribution in [-0.2, 0) is 9.59 Å². The van der Waals surface area contributed by atoms with Crippen molar-refractivity contribution in [2.24, 2.45) is 5.92 Å². The van der Waals surface area contributed by atoms with Gasteiger partial charge in [0, 0.05) is 12.6 Å². The third-order valence-electron chi connectivity index (χ3n) is 4.94. The number of aliphatic hydroxyl groups excluding tert-OH is 1. The number of nitrogens with zero attached hydrogens (tertiary/aromatic N) is 3. The van der Waals surface area contributed by atoms with E-state index in [1.165, 1.54) is 16.2 Å². The van der Waals surface area contributed by atoms with E-state index in [2.05, 4.69) is 9.97 Å². The molecule has 3 heterocycles. The fourth-order valence-electron chi connectivity index (χ4n) is 3.64. The molecule has 1 atom stereocenters. The molecule has 2 aromatic heterocycles. The van der Waals surface area contributed by atoms with Crippen LogP contribution in [0.15, 0.2) is 53.9 Å². The molecular weight excluding hydrogens is 414 g/mol. The van der Waals surface area contributed by atoms with Gasteiger partial charge in [-0.05, 0) is 43.2 Å². The van der Waals surface area contributed by atoms with Crippen LogP contribution in [0.25, 0.3) is 10.2 Å². The van der Waals surface area contributed by atoms with Gasteiger partial charge in [0.25, 0.3) is 5.91 Å². The SMILES string of the molecule is CCOc1ccc2nc(N3C(=O)C(O)=C(C(=O)CC(C)C)C3c3ccccn3)sc2c1. The molecule has 1 unspecified atom stereocenters. The van der Waals surface area contributed by atoms with Gasteiger partial charge in [0.05, 0.1) is 28.1 Å². The highest BCUT2D eigenvalue weighted by atomic mass is 32.1. The van der Waals surface area contributed by atoms with E-state index in [9.17, 15) is 14.7 Å². The normalized spacial score (nSPS) is 16.6. The second-order valence-electron chi connectivity index (χ2n) is 7.67. The number of benzene rings is 1. The third-order valence-corrected chi connectivity index (χ3v) is 5.95. The molecule has 1 aliphatic rings. The number of Topliss-reactive ketones (excluding diaryl/α,β-unsaturated/α-hetero) is 1. The lowest BCUT2D eigenvalue weighted by Gasteiger charge is -2.23. The van der Waals surface area contributed by atoms with Crippen molar-refractivity contribution in [2.75, 3.05) is 11.5 Å². The average Bonchev–Trinajstić information content (AvgIpc) is 3.26. The number of carbonyl (C=O) groups excluding carboxylic acids is 2. The van der Waals surface area contributed by atoms with Crippen LogP contribution in [-0.4, -0.2) is 33.4 Å². The van der Waals surface area contributed by atoms with Crippen molar-refractivity contribution in [3.63, 3.8) is 0 Å². The first-order valence-corrected chi connectivity index (χ1v) is 11.0. The van der Waals surface area contributed by atoms with Crippen molar-refractivity contribution in [1.82, 2.24) is 9.97 Å². The predicted molar refractivity (Wildman–Crippen MR) is 119 cm³/mol. The summed E-state index contributed by atoms with van der Waals surface area (Å²) in [7, 11) is 0. The third kappa shape index (κ3) is 3.90. The highest BCUT2D eigenvalue weighted by molar-refractivity contribution is 7.22. The molecule has 3 aromatic rings. The second-order valence-corrected chi connectivity index (χ2v) is 8.68. The van der Waals surface area contributed by atoms with E-state index < -0.39 is 17.7 Å². The van der Waals surface area contributed by atoms with Crippen LogP contribution in [0, 0.1) is 5.92 Å². The molecule has 1 N–H and O–H groups in total. The maximum Gasteiger partial charge on any atom is 0.296 e. The first-order chi connectivity index (χ1) is 14.9. The lowest BCUT2D eigenvalue weighted by atomic mass is 9.94. The summed E-state index contributed by atoms with van der Waals surface area (Å²) in [5.41, 5.74) is 1.28. The number of amides is 1. The number of aromatic nitrogens is 2. The predicted octanol–water partition coefficient (Wildman–Crippen LogP) is 4.61. The largest absolute Gasteiger partial charge is 0.503 e. The van der Waals surface area contributed by atoms with Gasteiger partial charge in [0.15, 0.2) is 16.7 Å². The van der Waals surface area contributed by atoms with Crippen molar-refractivity contribution in [1.29, 1.82) is 0 Å². The Morgan fingerprint density at radius 1 is 1.29 bits per heavy atom. The van der Waals surface area contributed by atoms with Gasteiger partial charge in [-0.1, -0.05) is 31.3 Å². The summed E-state index contributed by atoms with van der Waals surface area (Å²) in [4.78, 5) is 36.5. The van der Waals surface area contributed by atoms with Gasteiger partial charge in [0.2, 0.25) is 0 Å². The Morgan fingerprint density at radius 3 is 2.77 bits per heavy atom. The number of carbonyl (C=O) groups is 2. The van der Waals surface area contributed by atoms with E-state index in [1.54, 1.807) is 24.4 Å². The molecule has 0 saturated heterocycles. The van der Waals surface area contributed by atoms with Gasteiger partial charge in [-0.2, -0.15) is 0 Å². The summed E-state index contributed by atoms with van der Waals surface area (Å²) in [6.45, 7) is 6.29. The molecule has 4 rings (SSSR count). The van der Waals surface area contributed by atoms with E-state index in [4.69, 9.17) is 4.74 Å². The Morgan fingerprint density at radius 2 is 2.10 bits per heavy atom. The Labute approximate surface area is 184 Å². The van der Waals surface area contributed by atoms with E-state index >= 15 is 0 Å². The van der Waals surface area contributed by atoms with Gasteiger partial charge in [-0.15, -0.1) is 0 Å². The molecular formula is C23H23N3O4S. The molecule has 8 heteroatoms. The van der Waals surface area contributed by atoms with E-state index in [1.807, 2.05) is 39.0 Å². The van der Waals surface area contributed by atoms with Crippen LogP contribution in [0.1, 0.15) is 38.9 Å². The van der Waals surface area contributed by atoms with Crippen molar-refractivity contribution in [3.8, 4) is 5.75 Å². The topological polar surface area (TPSA) is 92.6 Å². The minimum atomic E-state index is -0.827. The van der Waals surface area contributed by atoms with Crippen molar-refractivity contribution < 1.29 is 19.4 Å². The highest BCUT2D eigenvalue weighted by Gasteiger charge is 2.46. The quantitative estimate of drug-likeness (QED) is 0.580. The zero-order chi connectivity index (χ0) is 22.1. The molecule has 31 heavy (non-hydrogen) atoms. The number of hydrogen-bond acceptors (Lipinski definition) is 7. The number of thiazole rings is 1. The molecule has 160 valence electrons. The number of aliphatic hydroxyl groups is 1. The van der Waals surface area contributed by atoms with Gasteiger partial charge in [-0.25, -0.2) is 4.98 Å². The lowest BCUT2D eigenvalue weighted by molar-refractivity contribution is -0.118. The number of fused-ring (bicyclic) bond motifs is 1. The number of ketones is 1. The van der Waals surface area contributed by atoms with Crippen molar-refractivity contribution in [3.05, 3.63) is 59.6 Å². The minimum absolute atomic E-state index is 0.0756. The Kier molecular flexibility index (Phi) is 5.73. The molecule has 0 bridgehead atoms. The number of hydrogen-bond donors (Lipinski definition) is 1. The van der Waals surface area contributed by atoms with Crippen LogP contribution < -0.4 is 9.64 Å². The van der Waals surface area contributed by atoms with Crippen LogP contribution in [0.4, 0.5) is 5.13 Å². The van der Waals surface area contributed by atoms with Crippen LogP contribution >= 0.6 is 11.3 Å².